The van der Waals surface area contributed by atoms with Crippen molar-refractivity contribution in [1.82, 2.24) is 4.57 Å². The largest absolute Gasteiger partial charge is 0.309 e. The van der Waals surface area contributed by atoms with Crippen LogP contribution in [0.15, 0.2) is 231 Å². The second kappa shape index (κ2) is 17.0. The van der Waals surface area contributed by atoms with E-state index in [1.54, 1.807) is 0 Å². The van der Waals surface area contributed by atoms with Crippen LogP contribution in [0.2, 0.25) is 0 Å². The molecule has 0 radical (unpaired) electrons. The molecule has 68 heavy (non-hydrogen) atoms. The molecule has 1 aromatic heterocycles. The van der Waals surface area contributed by atoms with Crippen LogP contribution in [-0.2, 0) is 10.8 Å². The van der Waals surface area contributed by atoms with E-state index in [0.29, 0.717) is 0 Å². The molecule has 0 unspecified atom stereocenters. The van der Waals surface area contributed by atoms with E-state index in [-0.39, 0.29) is 10.8 Å². The van der Waals surface area contributed by atoms with Gasteiger partial charge in [-0.05, 0) is 103 Å². The summed E-state index contributed by atoms with van der Waals surface area (Å²) in [6.07, 6.45) is 0. The molecule has 0 amide bonds. The molecule has 0 spiro atoms. The van der Waals surface area contributed by atoms with Crippen LogP contribution in [-0.4, -0.2) is 4.57 Å². The molecule has 0 aliphatic rings. The molecule has 11 rings (SSSR count). The molecule has 0 bridgehead atoms. The Labute approximate surface area is 401 Å². The number of aromatic nitrogens is 1. The lowest BCUT2D eigenvalue weighted by molar-refractivity contribution is 0.569. The Hall–Kier alpha value is -7.94. The Morgan fingerprint density at radius 1 is 0.324 bits per heavy atom. The van der Waals surface area contributed by atoms with Gasteiger partial charge in [-0.2, -0.15) is 0 Å². The summed E-state index contributed by atoms with van der Waals surface area (Å²) in [7, 11) is 0. The van der Waals surface area contributed by atoms with Gasteiger partial charge in [0.1, 0.15) is 0 Å². The Kier molecular flexibility index (Phi) is 10.7. The van der Waals surface area contributed by atoms with E-state index in [0.717, 1.165) is 50.6 Å². The van der Waals surface area contributed by atoms with Gasteiger partial charge in [-0.1, -0.05) is 230 Å². The monoisotopic (exact) mass is 876 g/mol. The summed E-state index contributed by atoms with van der Waals surface area (Å²) in [5.74, 6) is 0. The fourth-order valence-corrected chi connectivity index (χ4v) is 10.2. The molecule has 0 aliphatic heterocycles. The number of benzene rings is 10. The maximum atomic E-state index is 2.52. The molecule has 11 aromatic rings. The van der Waals surface area contributed by atoms with Crippen molar-refractivity contribution in [3.05, 3.63) is 242 Å². The predicted octanol–water partition coefficient (Wildman–Crippen LogP) is 18.7. The molecule has 0 N–H and O–H groups in total. The summed E-state index contributed by atoms with van der Waals surface area (Å²) in [5.41, 5.74) is 18.9. The summed E-state index contributed by atoms with van der Waals surface area (Å²) in [6.45, 7) is 13.9. The van der Waals surface area contributed by atoms with Crippen molar-refractivity contribution in [3.8, 4) is 50.2 Å². The number of hydrogen-bond acceptors (Lipinski definition) is 1. The minimum Gasteiger partial charge on any atom is -0.309 e. The van der Waals surface area contributed by atoms with Gasteiger partial charge in [-0.3, -0.25) is 0 Å². The Balaban J connectivity index is 1.18. The summed E-state index contributed by atoms with van der Waals surface area (Å²) in [4.78, 5) is 2.52. The van der Waals surface area contributed by atoms with Crippen molar-refractivity contribution >= 4 is 49.6 Å². The van der Waals surface area contributed by atoms with Gasteiger partial charge in [0.25, 0.3) is 0 Å². The van der Waals surface area contributed by atoms with Crippen molar-refractivity contribution in [2.75, 3.05) is 4.90 Å². The van der Waals surface area contributed by atoms with Gasteiger partial charge in [0.15, 0.2) is 0 Å². The first-order chi connectivity index (χ1) is 33.0. The van der Waals surface area contributed by atoms with Crippen molar-refractivity contribution in [2.45, 2.75) is 52.4 Å². The average Bonchev–Trinajstić information content (AvgIpc) is 3.70. The highest BCUT2D eigenvalue weighted by Crippen LogP contribution is 2.50. The van der Waals surface area contributed by atoms with Gasteiger partial charge in [0.05, 0.1) is 28.1 Å². The maximum absolute atomic E-state index is 2.52. The van der Waals surface area contributed by atoms with Gasteiger partial charge >= 0.3 is 0 Å². The summed E-state index contributed by atoms with van der Waals surface area (Å²) in [5, 5.41) is 4.94. The Morgan fingerprint density at radius 2 is 0.809 bits per heavy atom. The van der Waals surface area contributed by atoms with Crippen LogP contribution < -0.4 is 4.90 Å². The summed E-state index contributed by atoms with van der Waals surface area (Å²) >= 11 is 0. The van der Waals surface area contributed by atoms with Gasteiger partial charge in [0.2, 0.25) is 0 Å². The molecule has 0 aliphatic carbocycles. The normalized spacial score (nSPS) is 12.0. The van der Waals surface area contributed by atoms with Crippen LogP contribution in [0.3, 0.4) is 0 Å². The number of rotatable bonds is 8. The molecule has 2 heteroatoms. The standard InChI is InChI=1S/C66H56N2/c1-65(2,3)49-41-48(42-50(44-49)66(4,5)6)54-33-21-25-46-26-22-34-58(64(46)54)56-32-16-20-38-62(56)68(59-35-17-13-29-52(59)45-23-9-7-10-24-45)60-36-18-14-30-53(60)47-39-40-57-55-31-15-19-37-61(55)67(63(57)43-47)51-27-11-8-12-28-51/h7-44H,1-6H3. The first-order valence-electron chi connectivity index (χ1n) is 23.9. The molecule has 1 heterocycles. The van der Waals surface area contributed by atoms with Crippen molar-refractivity contribution < 1.29 is 0 Å². The van der Waals surface area contributed by atoms with Gasteiger partial charge < -0.3 is 9.47 Å². The zero-order chi connectivity index (χ0) is 46.6. The average molecular weight is 877 g/mol. The highest BCUT2D eigenvalue weighted by atomic mass is 15.1. The van der Waals surface area contributed by atoms with E-state index in [9.17, 15) is 0 Å². The van der Waals surface area contributed by atoms with E-state index < -0.39 is 0 Å². The lowest BCUT2D eigenvalue weighted by atomic mass is 9.78. The highest BCUT2D eigenvalue weighted by Gasteiger charge is 2.26. The minimum absolute atomic E-state index is 0.0152. The number of nitrogens with zero attached hydrogens (tertiary/aromatic N) is 2. The number of anilines is 3. The van der Waals surface area contributed by atoms with Crippen molar-refractivity contribution in [1.29, 1.82) is 0 Å². The summed E-state index contributed by atoms with van der Waals surface area (Å²) < 4.78 is 2.41. The van der Waals surface area contributed by atoms with Crippen LogP contribution in [0.1, 0.15) is 52.7 Å². The van der Waals surface area contributed by atoms with Crippen molar-refractivity contribution in [2.24, 2.45) is 0 Å². The van der Waals surface area contributed by atoms with E-state index in [2.05, 4.69) is 282 Å². The SMILES string of the molecule is CC(C)(C)c1cc(-c2cccc3cccc(-c4ccccc4N(c4ccccc4-c4ccccc4)c4ccccc4-c4ccc5c6ccccc6n(-c6ccccc6)c5c4)c23)cc(C(C)(C)C)c1. The van der Waals surface area contributed by atoms with Crippen LogP contribution >= 0.6 is 0 Å². The first kappa shape index (κ1) is 42.7. The molecule has 2 nitrogen and oxygen atoms in total. The topological polar surface area (TPSA) is 8.17 Å². The zero-order valence-electron chi connectivity index (χ0n) is 39.8. The quantitative estimate of drug-likeness (QED) is 0.148. The van der Waals surface area contributed by atoms with E-state index in [4.69, 9.17) is 0 Å². The third kappa shape index (κ3) is 7.66. The van der Waals surface area contributed by atoms with Gasteiger partial charge in [-0.25, -0.2) is 0 Å². The molecule has 0 saturated carbocycles. The maximum Gasteiger partial charge on any atom is 0.0547 e. The van der Waals surface area contributed by atoms with E-state index >= 15 is 0 Å². The molecule has 10 aromatic carbocycles. The third-order valence-electron chi connectivity index (χ3n) is 13.7. The fourth-order valence-electron chi connectivity index (χ4n) is 10.2. The fraction of sp³-hybridized carbons (Fsp3) is 0.121. The third-order valence-corrected chi connectivity index (χ3v) is 13.7. The minimum atomic E-state index is -0.0152. The van der Waals surface area contributed by atoms with E-state index in [1.807, 2.05) is 0 Å². The Morgan fingerprint density at radius 3 is 1.44 bits per heavy atom. The lowest BCUT2D eigenvalue weighted by Gasteiger charge is -2.32. The molecular formula is C66H56N2. The Bertz CT molecular complexity index is 3600. The van der Waals surface area contributed by atoms with Crippen LogP contribution in [0, 0.1) is 0 Å². The molecule has 0 fully saturated rings. The van der Waals surface area contributed by atoms with Gasteiger partial charge in [0, 0.05) is 33.2 Å². The molecule has 0 saturated heterocycles. The molecular weight excluding hydrogens is 821 g/mol. The predicted molar refractivity (Wildman–Crippen MR) is 292 cm³/mol. The summed E-state index contributed by atoms with van der Waals surface area (Å²) in [6, 6.07) is 85.1. The zero-order valence-corrected chi connectivity index (χ0v) is 39.8. The smallest absolute Gasteiger partial charge is 0.0547 e. The molecule has 0 atom stereocenters. The second-order valence-electron chi connectivity index (χ2n) is 20.2. The van der Waals surface area contributed by atoms with Crippen LogP contribution in [0.4, 0.5) is 17.1 Å². The van der Waals surface area contributed by atoms with Gasteiger partial charge in [-0.15, -0.1) is 0 Å². The lowest BCUT2D eigenvalue weighted by Crippen LogP contribution is -2.16. The molecule has 330 valence electrons. The van der Waals surface area contributed by atoms with Crippen LogP contribution in [0.5, 0.6) is 0 Å². The number of hydrogen-bond donors (Lipinski definition) is 0. The number of para-hydroxylation sites is 5. The number of fused-ring (bicyclic) bond motifs is 4. The second-order valence-corrected chi connectivity index (χ2v) is 20.2. The van der Waals surface area contributed by atoms with Crippen LogP contribution in [0.25, 0.3) is 82.8 Å². The first-order valence-corrected chi connectivity index (χ1v) is 23.9. The highest BCUT2D eigenvalue weighted by molar-refractivity contribution is 6.12. The van der Waals surface area contributed by atoms with E-state index in [1.165, 1.54) is 60.4 Å². The van der Waals surface area contributed by atoms with Crippen molar-refractivity contribution in [3.63, 3.8) is 0 Å².